The molecule has 2 amide bonds. The van der Waals surface area contributed by atoms with Gasteiger partial charge in [-0.25, -0.2) is 4.79 Å². The molecule has 7 heteroatoms. The van der Waals surface area contributed by atoms with Gasteiger partial charge in [-0.2, -0.15) is 0 Å². The standard InChI is InChI=1S/C17H23N3O4/c1-12(2)9-15(16(22)20-8-5-14(21)10-20)19-17(23)24-11-13-3-6-18-7-4-13/h3-4,6-7,12,15H,5,8-11H2,1-2H3,(H,19,23)/t15-/m0/s1. The zero-order chi connectivity index (χ0) is 17.5. The minimum absolute atomic E-state index is 0.0481. The first kappa shape index (κ1) is 17.9. The van der Waals surface area contributed by atoms with E-state index in [-0.39, 0.29) is 30.8 Å². The number of ketones is 1. The normalized spacial score (nSPS) is 15.5. The lowest BCUT2D eigenvalue weighted by Gasteiger charge is -2.24. The number of carbonyl (C=O) groups is 3. The Morgan fingerprint density at radius 3 is 2.62 bits per heavy atom. The maximum atomic E-state index is 12.5. The van der Waals surface area contributed by atoms with Crippen LogP contribution < -0.4 is 5.32 Å². The summed E-state index contributed by atoms with van der Waals surface area (Å²) < 4.78 is 5.16. The second kappa shape index (κ2) is 8.42. The van der Waals surface area contributed by atoms with E-state index in [1.807, 2.05) is 13.8 Å². The van der Waals surface area contributed by atoms with Crippen LogP contribution in [0.1, 0.15) is 32.3 Å². The largest absolute Gasteiger partial charge is 0.445 e. The smallest absolute Gasteiger partial charge is 0.408 e. The number of rotatable bonds is 6. The van der Waals surface area contributed by atoms with Crippen molar-refractivity contribution in [2.24, 2.45) is 5.92 Å². The monoisotopic (exact) mass is 333 g/mol. The van der Waals surface area contributed by atoms with Crippen LogP contribution in [0.4, 0.5) is 4.79 Å². The average Bonchev–Trinajstić information content (AvgIpc) is 2.98. The summed E-state index contributed by atoms with van der Waals surface area (Å²) in [7, 11) is 0. The molecule has 1 atom stereocenters. The molecule has 1 aromatic heterocycles. The van der Waals surface area contributed by atoms with E-state index in [2.05, 4.69) is 10.3 Å². The van der Waals surface area contributed by atoms with Crippen molar-refractivity contribution >= 4 is 17.8 Å². The number of amides is 2. The van der Waals surface area contributed by atoms with Gasteiger partial charge in [0.25, 0.3) is 0 Å². The fourth-order valence-electron chi connectivity index (χ4n) is 2.54. The van der Waals surface area contributed by atoms with Gasteiger partial charge in [0.15, 0.2) is 5.78 Å². The van der Waals surface area contributed by atoms with E-state index in [0.29, 0.717) is 19.4 Å². The van der Waals surface area contributed by atoms with Crippen LogP contribution in [0.3, 0.4) is 0 Å². The molecule has 130 valence electrons. The molecule has 0 saturated carbocycles. The third-order valence-electron chi connectivity index (χ3n) is 3.76. The van der Waals surface area contributed by atoms with Crippen molar-refractivity contribution in [1.29, 1.82) is 0 Å². The fourth-order valence-corrected chi connectivity index (χ4v) is 2.54. The Balaban J connectivity index is 1.91. The molecule has 1 N–H and O–H groups in total. The van der Waals surface area contributed by atoms with Crippen molar-refractivity contribution in [3.63, 3.8) is 0 Å². The van der Waals surface area contributed by atoms with E-state index in [4.69, 9.17) is 4.74 Å². The second-order valence-electron chi connectivity index (χ2n) is 6.31. The van der Waals surface area contributed by atoms with Gasteiger partial charge in [-0.1, -0.05) is 13.8 Å². The summed E-state index contributed by atoms with van der Waals surface area (Å²) in [5, 5.41) is 2.63. The molecule has 7 nitrogen and oxygen atoms in total. The molecule has 0 radical (unpaired) electrons. The number of hydrogen-bond acceptors (Lipinski definition) is 5. The van der Waals surface area contributed by atoms with Crippen LogP contribution in [0.25, 0.3) is 0 Å². The molecular formula is C17H23N3O4. The maximum Gasteiger partial charge on any atom is 0.408 e. The summed E-state index contributed by atoms with van der Waals surface area (Å²) in [6, 6.07) is 2.82. The Morgan fingerprint density at radius 2 is 2.04 bits per heavy atom. The zero-order valence-corrected chi connectivity index (χ0v) is 14.0. The van der Waals surface area contributed by atoms with E-state index >= 15 is 0 Å². The number of carbonyl (C=O) groups excluding carboxylic acids is 3. The molecule has 1 saturated heterocycles. The minimum atomic E-state index is -0.680. The molecule has 0 spiro atoms. The van der Waals surface area contributed by atoms with Crippen molar-refractivity contribution < 1.29 is 19.1 Å². The minimum Gasteiger partial charge on any atom is -0.445 e. The SMILES string of the molecule is CC(C)C[C@H](NC(=O)OCc1ccncc1)C(=O)N1CCC(=O)C1. The number of hydrogen-bond donors (Lipinski definition) is 1. The highest BCUT2D eigenvalue weighted by Crippen LogP contribution is 2.12. The molecule has 1 aliphatic heterocycles. The fraction of sp³-hybridized carbons (Fsp3) is 0.529. The van der Waals surface area contributed by atoms with Gasteiger partial charge in [-0.15, -0.1) is 0 Å². The number of Topliss-reactive ketones (excluding diaryl/α,β-unsaturated/α-hetero) is 1. The van der Waals surface area contributed by atoms with E-state index < -0.39 is 12.1 Å². The summed E-state index contributed by atoms with van der Waals surface area (Å²) in [5.74, 6) is 0.0417. The van der Waals surface area contributed by atoms with Crippen LogP contribution in [0.2, 0.25) is 0 Å². The van der Waals surface area contributed by atoms with Gasteiger partial charge in [-0.05, 0) is 30.0 Å². The van der Waals surface area contributed by atoms with Gasteiger partial charge in [0.05, 0.1) is 6.54 Å². The number of aromatic nitrogens is 1. The topological polar surface area (TPSA) is 88.6 Å². The number of ether oxygens (including phenoxy) is 1. The molecule has 1 aliphatic rings. The molecule has 0 aromatic carbocycles. The Bertz CT molecular complexity index is 589. The summed E-state index contributed by atoms with van der Waals surface area (Å²) in [5.41, 5.74) is 0.817. The van der Waals surface area contributed by atoms with Crippen molar-refractivity contribution in [1.82, 2.24) is 15.2 Å². The van der Waals surface area contributed by atoms with Gasteiger partial charge in [0.1, 0.15) is 12.6 Å². The molecule has 24 heavy (non-hydrogen) atoms. The highest BCUT2D eigenvalue weighted by Gasteiger charge is 2.31. The lowest BCUT2D eigenvalue weighted by atomic mass is 10.0. The third kappa shape index (κ3) is 5.33. The van der Waals surface area contributed by atoms with Crippen LogP contribution in [-0.2, 0) is 20.9 Å². The van der Waals surface area contributed by atoms with Crippen LogP contribution in [0, 0.1) is 5.92 Å². The van der Waals surface area contributed by atoms with Crippen LogP contribution in [-0.4, -0.2) is 46.8 Å². The Kier molecular flexibility index (Phi) is 6.28. The summed E-state index contributed by atoms with van der Waals surface area (Å²) >= 11 is 0. The second-order valence-corrected chi connectivity index (χ2v) is 6.31. The predicted octanol–water partition coefficient (Wildman–Crippen LogP) is 1.52. The third-order valence-corrected chi connectivity index (χ3v) is 3.76. The molecule has 0 bridgehead atoms. The van der Waals surface area contributed by atoms with Gasteiger partial charge in [0.2, 0.25) is 5.91 Å². The highest BCUT2D eigenvalue weighted by molar-refractivity contribution is 5.92. The van der Waals surface area contributed by atoms with Crippen molar-refractivity contribution in [2.45, 2.75) is 39.3 Å². The van der Waals surface area contributed by atoms with Gasteiger partial charge in [-0.3, -0.25) is 14.6 Å². The first-order valence-corrected chi connectivity index (χ1v) is 8.08. The predicted molar refractivity (Wildman–Crippen MR) is 87.0 cm³/mol. The van der Waals surface area contributed by atoms with Crippen molar-refractivity contribution in [2.75, 3.05) is 13.1 Å². The number of likely N-dealkylation sites (tertiary alicyclic amines) is 1. The van der Waals surface area contributed by atoms with E-state index in [1.165, 1.54) is 4.90 Å². The average molecular weight is 333 g/mol. The lowest BCUT2D eigenvalue weighted by molar-refractivity contribution is -0.134. The van der Waals surface area contributed by atoms with Crippen LogP contribution >= 0.6 is 0 Å². The Labute approximate surface area is 141 Å². The van der Waals surface area contributed by atoms with E-state index in [9.17, 15) is 14.4 Å². The zero-order valence-electron chi connectivity index (χ0n) is 14.0. The number of nitrogens with one attached hydrogen (secondary N) is 1. The summed E-state index contributed by atoms with van der Waals surface area (Å²) in [6.07, 6.45) is 3.47. The Hall–Kier alpha value is -2.44. The number of alkyl carbamates (subject to hydrolysis) is 1. The van der Waals surface area contributed by atoms with Crippen molar-refractivity contribution in [3.8, 4) is 0 Å². The van der Waals surface area contributed by atoms with Gasteiger partial charge in [0, 0.05) is 25.4 Å². The Morgan fingerprint density at radius 1 is 1.33 bits per heavy atom. The number of nitrogens with zero attached hydrogens (tertiary/aromatic N) is 2. The molecule has 0 aliphatic carbocycles. The maximum absolute atomic E-state index is 12.5. The molecule has 0 unspecified atom stereocenters. The molecular weight excluding hydrogens is 310 g/mol. The molecule has 1 fully saturated rings. The van der Waals surface area contributed by atoms with Gasteiger partial charge >= 0.3 is 6.09 Å². The van der Waals surface area contributed by atoms with E-state index in [1.54, 1.807) is 24.5 Å². The highest BCUT2D eigenvalue weighted by atomic mass is 16.5. The first-order chi connectivity index (χ1) is 11.5. The lowest BCUT2D eigenvalue weighted by Crippen LogP contribution is -2.48. The van der Waals surface area contributed by atoms with Gasteiger partial charge < -0.3 is 15.0 Å². The van der Waals surface area contributed by atoms with E-state index in [0.717, 1.165) is 5.56 Å². The first-order valence-electron chi connectivity index (χ1n) is 8.08. The van der Waals surface area contributed by atoms with Crippen LogP contribution in [0.15, 0.2) is 24.5 Å². The quantitative estimate of drug-likeness (QED) is 0.853. The van der Waals surface area contributed by atoms with Crippen molar-refractivity contribution in [3.05, 3.63) is 30.1 Å². The molecule has 2 heterocycles. The molecule has 2 rings (SSSR count). The number of pyridine rings is 1. The summed E-state index contributed by atoms with van der Waals surface area (Å²) in [6.45, 7) is 4.60. The van der Waals surface area contributed by atoms with Crippen LogP contribution in [0.5, 0.6) is 0 Å². The molecule has 1 aromatic rings. The summed E-state index contributed by atoms with van der Waals surface area (Å²) in [4.78, 5) is 41.3.